The van der Waals surface area contributed by atoms with Crippen molar-refractivity contribution in [2.24, 2.45) is 0 Å². The van der Waals surface area contributed by atoms with Crippen molar-refractivity contribution in [1.29, 1.82) is 0 Å². The summed E-state index contributed by atoms with van der Waals surface area (Å²) in [5, 5.41) is 1.40. The molecule has 0 spiro atoms. The van der Waals surface area contributed by atoms with Gasteiger partial charge in [0, 0.05) is 0 Å². The van der Waals surface area contributed by atoms with E-state index in [1.807, 2.05) is 30.3 Å². The van der Waals surface area contributed by atoms with E-state index in [9.17, 15) is 4.79 Å². The summed E-state index contributed by atoms with van der Waals surface area (Å²) in [5.74, 6) is -0.228. The Morgan fingerprint density at radius 2 is 1.54 bits per heavy atom. The molecule has 0 bridgehead atoms. The molecule has 2 nitrogen and oxygen atoms in total. The van der Waals surface area contributed by atoms with Crippen LogP contribution in [0.25, 0.3) is 0 Å². The molecular formula is C21H28O2Si. The molecule has 0 heterocycles. The largest absolute Gasteiger partial charge is 0.462 e. The minimum atomic E-state index is -1.56. The van der Waals surface area contributed by atoms with Crippen LogP contribution in [0.5, 0.6) is 0 Å². The second kappa shape index (κ2) is 7.35. The van der Waals surface area contributed by atoms with Crippen LogP contribution in [-0.2, 0) is 10.2 Å². The van der Waals surface area contributed by atoms with Gasteiger partial charge < -0.3 is 4.74 Å². The number of carbonyl (C=O) groups is 1. The average molecular weight is 341 g/mol. The van der Waals surface area contributed by atoms with E-state index in [2.05, 4.69) is 58.1 Å². The van der Waals surface area contributed by atoms with Crippen molar-refractivity contribution in [2.45, 2.75) is 45.3 Å². The Labute approximate surface area is 146 Å². The number of hydrogen-bond acceptors (Lipinski definition) is 2. The van der Waals surface area contributed by atoms with Gasteiger partial charge in [-0.25, -0.2) is 4.79 Å². The second-order valence-electron chi connectivity index (χ2n) is 7.96. The lowest BCUT2D eigenvalue weighted by molar-refractivity contribution is 0.0525. The summed E-state index contributed by atoms with van der Waals surface area (Å²) in [6, 6.07) is 19.2. The maximum atomic E-state index is 12.2. The molecule has 0 saturated heterocycles. The van der Waals surface area contributed by atoms with Crippen molar-refractivity contribution in [3.8, 4) is 0 Å². The molecule has 0 aromatic heterocycles. The van der Waals surface area contributed by atoms with Gasteiger partial charge in [0.15, 0.2) is 0 Å². The smallest absolute Gasteiger partial charge is 0.338 e. The third kappa shape index (κ3) is 4.81. The molecule has 0 aliphatic rings. The minimum Gasteiger partial charge on any atom is -0.462 e. The fraction of sp³-hybridized carbons (Fsp3) is 0.381. The molecule has 2 aromatic carbocycles. The Morgan fingerprint density at radius 3 is 2.08 bits per heavy atom. The molecule has 0 aliphatic carbocycles. The fourth-order valence-corrected chi connectivity index (χ4v) is 4.62. The molecule has 24 heavy (non-hydrogen) atoms. The van der Waals surface area contributed by atoms with Gasteiger partial charge in [-0.15, -0.1) is 0 Å². The fourth-order valence-electron chi connectivity index (χ4n) is 2.62. The Balaban J connectivity index is 1.91. The molecule has 0 aliphatic heterocycles. The summed E-state index contributed by atoms with van der Waals surface area (Å²) in [6.45, 7) is 11.6. The lowest BCUT2D eigenvalue weighted by atomic mass is 9.87. The predicted molar refractivity (Wildman–Crippen MR) is 104 cm³/mol. The summed E-state index contributed by atoms with van der Waals surface area (Å²) in [5.41, 5.74) is 1.94. The number of rotatable bonds is 5. The lowest BCUT2D eigenvalue weighted by Gasteiger charge is -2.22. The molecule has 128 valence electrons. The summed E-state index contributed by atoms with van der Waals surface area (Å²) < 4.78 is 5.51. The maximum Gasteiger partial charge on any atom is 0.338 e. The van der Waals surface area contributed by atoms with Crippen LogP contribution >= 0.6 is 0 Å². The van der Waals surface area contributed by atoms with Gasteiger partial charge in [0.1, 0.15) is 0 Å². The average Bonchev–Trinajstić information content (AvgIpc) is 2.55. The number of hydrogen-bond donors (Lipinski definition) is 0. The topological polar surface area (TPSA) is 26.3 Å². The highest BCUT2D eigenvalue weighted by atomic mass is 28.3. The van der Waals surface area contributed by atoms with Crippen LogP contribution in [0.1, 0.15) is 36.7 Å². The summed E-state index contributed by atoms with van der Waals surface area (Å²) >= 11 is 0. The highest BCUT2D eigenvalue weighted by Crippen LogP contribution is 2.22. The Morgan fingerprint density at radius 1 is 0.958 bits per heavy atom. The van der Waals surface area contributed by atoms with Crippen LogP contribution < -0.4 is 5.19 Å². The van der Waals surface area contributed by atoms with Crippen LogP contribution in [0, 0.1) is 0 Å². The van der Waals surface area contributed by atoms with E-state index < -0.39 is 8.07 Å². The van der Waals surface area contributed by atoms with Crippen LogP contribution in [0.15, 0.2) is 54.6 Å². The van der Waals surface area contributed by atoms with Crippen LogP contribution in [0.3, 0.4) is 0 Å². The molecule has 0 unspecified atom stereocenters. The van der Waals surface area contributed by atoms with E-state index >= 15 is 0 Å². The van der Waals surface area contributed by atoms with E-state index in [1.54, 1.807) is 0 Å². The monoisotopic (exact) mass is 340 g/mol. The predicted octanol–water partition coefficient (Wildman–Crippen LogP) is 4.76. The van der Waals surface area contributed by atoms with Gasteiger partial charge in [0.2, 0.25) is 0 Å². The summed E-state index contributed by atoms with van der Waals surface area (Å²) in [6.07, 6.45) is 0. The van der Waals surface area contributed by atoms with Gasteiger partial charge in [-0.3, -0.25) is 0 Å². The zero-order valence-electron chi connectivity index (χ0n) is 15.4. The summed E-state index contributed by atoms with van der Waals surface area (Å²) in [7, 11) is -1.56. The Bertz CT molecular complexity index is 667. The zero-order valence-corrected chi connectivity index (χ0v) is 16.4. The van der Waals surface area contributed by atoms with Gasteiger partial charge in [-0.1, -0.05) is 81.5 Å². The number of esters is 1. The molecule has 3 heteroatoms. The zero-order chi connectivity index (χ0) is 17.8. The molecule has 2 rings (SSSR count). The Hall–Kier alpha value is -1.87. The highest BCUT2D eigenvalue weighted by molar-refractivity contribution is 6.89. The second-order valence-corrected chi connectivity index (χ2v) is 12.8. The van der Waals surface area contributed by atoms with E-state index in [0.717, 1.165) is 6.04 Å². The van der Waals surface area contributed by atoms with Crippen LogP contribution in [-0.4, -0.2) is 20.7 Å². The molecule has 0 atom stereocenters. The molecular weight excluding hydrogens is 312 g/mol. The van der Waals surface area contributed by atoms with Crippen LogP contribution in [0.4, 0.5) is 0 Å². The van der Waals surface area contributed by atoms with Gasteiger partial charge in [-0.2, -0.15) is 0 Å². The van der Waals surface area contributed by atoms with Gasteiger partial charge in [0.05, 0.1) is 20.2 Å². The van der Waals surface area contributed by atoms with Crippen molar-refractivity contribution in [1.82, 2.24) is 0 Å². The molecule has 2 aromatic rings. The molecule has 0 N–H and O–H groups in total. The normalized spacial score (nSPS) is 12.0. The highest BCUT2D eigenvalue weighted by Gasteiger charge is 2.23. The lowest BCUT2D eigenvalue weighted by Crippen LogP contribution is -2.42. The van der Waals surface area contributed by atoms with E-state index in [4.69, 9.17) is 4.74 Å². The van der Waals surface area contributed by atoms with E-state index in [0.29, 0.717) is 12.2 Å². The number of ether oxygens (including phenoxy) is 1. The third-order valence-electron chi connectivity index (χ3n) is 4.50. The molecule has 0 amide bonds. The first-order chi connectivity index (χ1) is 11.2. The Kier molecular flexibility index (Phi) is 5.65. The SMILES string of the molecule is CC(C)(C)c1ccc(C(=O)OCC[Si](C)(C)c2ccccc2)cc1. The molecule has 0 saturated carbocycles. The van der Waals surface area contributed by atoms with Gasteiger partial charge in [-0.05, 0) is 29.2 Å². The van der Waals surface area contributed by atoms with E-state index in [1.165, 1.54) is 10.8 Å². The quantitative estimate of drug-likeness (QED) is 0.579. The summed E-state index contributed by atoms with van der Waals surface area (Å²) in [4.78, 5) is 12.2. The van der Waals surface area contributed by atoms with Crippen molar-refractivity contribution >= 4 is 19.2 Å². The number of benzene rings is 2. The van der Waals surface area contributed by atoms with Crippen molar-refractivity contribution in [3.63, 3.8) is 0 Å². The van der Waals surface area contributed by atoms with Crippen molar-refractivity contribution in [3.05, 3.63) is 65.7 Å². The molecule has 0 fully saturated rings. The first-order valence-corrected chi connectivity index (χ1v) is 11.7. The minimum absolute atomic E-state index is 0.0910. The first kappa shape index (κ1) is 18.5. The first-order valence-electron chi connectivity index (χ1n) is 8.53. The molecule has 0 radical (unpaired) electrons. The maximum absolute atomic E-state index is 12.2. The number of carbonyl (C=O) groups excluding carboxylic acids is 1. The van der Waals surface area contributed by atoms with E-state index in [-0.39, 0.29) is 11.4 Å². The van der Waals surface area contributed by atoms with Crippen molar-refractivity contribution < 1.29 is 9.53 Å². The van der Waals surface area contributed by atoms with Crippen LogP contribution in [0.2, 0.25) is 19.1 Å². The third-order valence-corrected chi connectivity index (χ3v) is 7.85. The van der Waals surface area contributed by atoms with Gasteiger partial charge in [0.25, 0.3) is 0 Å². The standard InChI is InChI=1S/C21H28O2Si/c1-21(2,3)18-13-11-17(12-14-18)20(22)23-15-16-24(4,5)19-9-7-6-8-10-19/h6-14H,15-16H2,1-5H3. The van der Waals surface area contributed by atoms with Crippen molar-refractivity contribution in [2.75, 3.05) is 6.61 Å². The van der Waals surface area contributed by atoms with Gasteiger partial charge >= 0.3 is 5.97 Å².